The lowest BCUT2D eigenvalue weighted by Gasteiger charge is -2.24. The number of aliphatic hydroxyl groups is 3. The molecule has 0 heterocycles. The van der Waals surface area contributed by atoms with E-state index >= 15 is 0 Å². The molecule has 0 fully saturated rings. The van der Waals surface area contributed by atoms with E-state index in [1.807, 2.05) is 0 Å². The highest BCUT2D eigenvalue weighted by Crippen LogP contribution is 2.27. The first kappa shape index (κ1) is 28.4. The second-order valence-corrected chi connectivity index (χ2v) is 5.82. The fraction of sp³-hybridized carbons (Fsp3) is 1.00. The third-order valence-corrected chi connectivity index (χ3v) is 2.97. The van der Waals surface area contributed by atoms with Crippen LogP contribution in [0, 0.1) is 0 Å². The Hall–Kier alpha value is -0.640. The molecule has 0 aromatic carbocycles. The molecule has 0 bridgehead atoms. The zero-order valence-corrected chi connectivity index (χ0v) is 16.2. The second-order valence-electron chi connectivity index (χ2n) is 5.82. The summed E-state index contributed by atoms with van der Waals surface area (Å²) in [6.45, 7) is -2.51. The van der Waals surface area contributed by atoms with Crippen molar-refractivity contribution in [2.45, 2.75) is 37.8 Å². The third-order valence-electron chi connectivity index (χ3n) is 2.97. The lowest BCUT2D eigenvalue weighted by molar-refractivity contribution is -0.396. The normalized spacial score (nSPS) is 14.9. The minimum absolute atomic E-state index is 0.0311. The monoisotopic (exact) mass is 442 g/mol. The first-order valence-electron chi connectivity index (χ1n) is 8.93. The maximum Gasteiger partial charge on any atom is 0.383 e. The van der Waals surface area contributed by atoms with E-state index in [4.69, 9.17) is 19.3 Å². The van der Waals surface area contributed by atoms with Gasteiger partial charge in [-0.15, -0.1) is 0 Å². The zero-order chi connectivity index (χ0) is 22.2. The molecule has 0 saturated carbocycles. The Morgan fingerprint density at radius 3 is 1.93 bits per heavy atom. The number of hydrogen-bond donors (Lipinski definition) is 3. The molecule has 0 radical (unpaired) electrons. The molecule has 29 heavy (non-hydrogen) atoms. The quantitative estimate of drug-likeness (QED) is 0.140. The van der Waals surface area contributed by atoms with E-state index in [-0.39, 0.29) is 39.5 Å². The predicted octanol–water partition coefficient (Wildman–Crippen LogP) is 0.353. The smallest absolute Gasteiger partial charge is 0.383 e. The molecule has 0 saturated heterocycles. The Morgan fingerprint density at radius 2 is 1.31 bits per heavy atom. The van der Waals surface area contributed by atoms with E-state index < -0.39 is 51.0 Å². The van der Waals surface area contributed by atoms with Crippen LogP contribution in [0.1, 0.15) is 13.3 Å². The van der Waals surface area contributed by atoms with Gasteiger partial charge in [-0.25, -0.2) is 0 Å². The SMILES string of the molecule is CCOCC(O)COCC(F)(F)OC(F)(F)COCOCCOCC(O)CCO. The van der Waals surface area contributed by atoms with Crippen LogP contribution in [-0.4, -0.2) is 106 Å². The van der Waals surface area contributed by atoms with Gasteiger partial charge in [0, 0.05) is 13.2 Å². The van der Waals surface area contributed by atoms with Crippen molar-refractivity contribution in [2.75, 3.05) is 66.3 Å². The molecule has 0 amide bonds. The van der Waals surface area contributed by atoms with Crippen LogP contribution in [0.5, 0.6) is 0 Å². The van der Waals surface area contributed by atoms with E-state index in [1.165, 1.54) is 0 Å². The van der Waals surface area contributed by atoms with Gasteiger partial charge in [-0.3, -0.25) is 4.74 Å². The van der Waals surface area contributed by atoms with Crippen molar-refractivity contribution in [3.05, 3.63) is 0 Å². The molecular weight excluding hydrogens is 412 g/mol. The van der Waals surface area contributed by atoms with Crippen molar-refractivity contribution in [1.82, 2.24) is 0 Å². The zero-order valence-electron chi connectivity index (χ0n) is 16.2. The second kappa shape index (κ2) is 16.1. The highest BCUT2D eigenvalue weighted by molar-refractivity contribution is 4.60. The molecule has 9 nitrogen and oxygen atoms in total. The molecule has 0 aliphatic carbocycles. The van der Waals surface area contributed by atoms with Gasteiger partial charge in [0.2, 0.25) is 0 Å². The summed E-state index contributed by atoms with van der Waals surface area (Å²) in [5, 5.41) is 27.2. The lowest BCUT2D eigenvalue weighted by Crippen LogP contribution is -2.40. The average molecular weight is 442 g/mol. The highest BCUT2D eigenvalue weighted by atomic mass is 19.3. The first-order valence-corrected chi connectivity index (χ1v) is 8.93. The van der Waals surface area contributed by atoms with E-state index in [0.717, 1.165) is 0 Å². The molecule has 2 unspecified atom stereocenters. The maximum absolute atomic E-state index is 13.4. The van der Waals surface area contributed by atoms with Crippen LogP contribution in [0.3, 0.4) is 0 Å². The van der Waals surface area contributed by atoms with Gasteiger partial charge in [-0.1, -0.05) is 0 Å². The van der Waals surface area contributed by atoms with Gasteiger partial charge in [0.15, 0.2) is 0 Å². The molecule has 0 rings (SSSR count). The van der Waals surface area contributed by atoms with E-state index in [2.05, 4.69) is 14.2 Å². The molecule has 0 aromatic heterocycles. The minimum Gasteiger partial charge on any atom is -0.396 e. The summed E-state index contributed by atoms with van der Waals surface area (Å²) in [7, 11) is 0. The summed E-state index contributed by atoms with van der Waals surface area (Å²) in [6.07, 6.45) is -10.4. The Bertz CT molecular complexity index is 391. The van der Waals surface area contributed by atoms with Gasteiger partial charge in [0.25, 0.3) is 0 Å². The van der Waals surface area contributed by atoms with Crippen LogP contribution in [0.2, 0.25) is 0 Å². The van der Waals surface area contributed by atoms with Gasteiger partial charge in [0.05, 0.1) is 39.1 Å². The highest BCUT2D eigenvalue weighted by Gasteiger charge is 2.44. The number of rotatable bonds is 20. The van der Waals surface area contributed by atoms with E-state index in [9.17, 15) is 27.8 Å². The van der Waals surface area contributed by atoms with Crippen molar-refractivity contribution >= 4 is 0 Å². The van der Waals surface area contributed by atoms with E-state index in [0.29, 0.717) is 6.61 Å². The number of ether oxygens (including phenoxy) is 6. The molecular formula is C16H30F4O9. The largest absolute Gasteiger partial charge is 0.396 e. The van der Waals surface area contributed by atoms with Gasteiger partial charge in [-0.2, -0.15) is 17.6 Å². The van der Waals surface area contributed by atoms with E-state index in [1.54, 1.807) is 6.92 Å². The number of hydrogen-bond acceptors (Lipinski definition) is 9. The molecule has 0 spiro atoms. The Morgan fingerprint density at radius 1 is 0.759 bits per heavy atom. The van der Waals surface area contributed by atoms with Crippen LogP contribution in [-0.2, 0) is 28.4 Å². The molecule has 0 aliphatic heterocycles. The minimum atomic E-state index is -4.30. The summed E-state index contributed by atoms with van der Waals surface area (Å²) in [4.78, 5) is 0. The summed E-state index contributed by atoms with van der Waals surface area (Å²) in [6, 6.07) is 0. The average Bonchev–Trinajstić information content (AvgIpc) is 2.61. The van der Waals surface area contributed by atoms with Gasteiger partial charge in [0.1, 0.15) is 26.1 Å². The molecule has 176 valence electrons. The van der Waals surface area contributed by atoms with Crippen molar-refractivity contribution < 1.29 is 61.3 Å². The molecule has 13 heteroatoms. The Kier molecular flexibility index (Phi) is 15.7. The summed E-state index contributed by atoms with van der Waals surface area (Å²) < 4.78 is 80.5. The van der Waals surface area contributed by atoms with Crippen LogP contribution < -0.4 is 0 Å². The van der Waals surface area contributed by atoms with Crippen LogP contribution >= 0.6 is 0 Å². The van der Waals surface area contributed by atoms with Crippen LogP contribution in [0.15, 0.2) is 0 Å². The number of aliphatic hydroxyl groups excluding tert-OH is 3. The topological polar surface area (TPSA) is 116 Å². The molecule has 0 aliphatic rings. The van der Waals surface area contributed by atoms with Gasteiger partial charge >= 0.3 is 12.2 Å². The fourth-order valence-electron chi connectivity index (χ4n) is 1.74. The summed E-state index contributed by atoms with van der Waals surface area (Å²) >= 11 is 0. The first-order chi connectivity index (χ1) is 13.6. The molecule has 0 aromatic rings. The fourth-order valence-corrected chi connectivity index (χ4v) is 1.74. The molecule has 3 N–H and O–H groups in total. The predicted molar refractivity (Wildman–Crippen MR) is 89.6 cm³/mol. The van der Waals surface area contributed by atoms with Crippen molar-refractivity contribution in [3.63, 3.8) is 0 Å². The summed E-state index contributed by atoms with van der Waals surface area (Å²) in [5.74, 6) is 0. The van der Waals surface area contributed by atoms with Gasteiger partial charge in [-0.05, 0) is 13.3 Å². The van der Waals surface area contributed by atoms with Crippen molar-refractivity contribution in [1.29, 1.82) is 0 Å². The lowest BCUT2D eigenvalue weighted by atomic mass is 10.3. The van der Waals surface area contributed by atoms with Gasteiger partial charge < -0.3 is 39.0 Å². The van der Waals surface area contributed by atoms with Crippen LogP contribution in [0.4, 0.5) is 17.6 Å². The van der Waals surface area contributed by atoms with Crippen molar-refractivity contribution in [2.24, 2.45) is 0 Å². The third kappa shape index (κ3) is 17.9. The standard InChI is InChI=1S/C16H30F4O9/c1-2-24-8-14(23)9-27-10-15(17,18)29-16(19,20)11-28-12-26-6-5-25-7-13(22)3-4-21/h13-14,21-23H,2-12H2,1H3. The summed E-state index contributed by atoms with van der Waals surface area (Å²) in [5.41, 5.74) is 0. The Balaban J connectivity index is 3.84. The van der Waals surface area contributed by atoms with Crippen molar-refractivity contribution in [3.8, 4) is 0 Å². The maximum atomic E-state index is 13.4. The number of halogens is 4. The number of alkyl halides is 4. The Labute approximate surface area is 166 Å². The van der Waals surface area contributed by atoms with Crippen LogP contribution in [0.25, 0.3) is 0 Å². The molecule has 2 atom stereocenters.